The van der Waals surface area contributed by atoms with E-state index in [2.05, 4.69) is 5.32 Å². The number of hydrogen-bond donors (Lipinski definition) is 2. The molecule has 0 saturated heterocycles. The molecule has 2 aromatic carbocycles. The molecule has 2 rings (SSSR count). The largest absolute Gasteiger partial charge is 0.497 e. The van der Waals surface area contributed by atoms with E-state index in [-0.39, 0.29) is 6.10 Å². The molecule has 106 valence electrons. The quantitative estimate of drug-likeness (QED) is 0.813. The van der Waals surface area contributed by atoms with Gasteiger partial charge in [-0.25, -0.2) is 0 Å². The molecule has 0 bridgehead atoms. The van der Waals surface area contributed by atoms with Crippen molar-refractivity contribution >= 4 is 17.1 Å². The number of ether oxygens (including phenoxy) is 2. The third-order valence-electron chi connectivity index (χ3n) is 2.77. The van der Waals surface area contributed by atoms with Gasteiger partial charge in [0.15, 0.2) is 0 Å². The van der Waals surface area contributed by atoms with Gasteiger partial charge in [-0.2, -0.15) is 0 Å². The zero-order valence-corrected chi connectivity index (χ0v) is 12.0. The second kappa shape index (κ2) is 6.19. The molecule has 2 aromatic rings. The van der Waals surface area contributed by atoms with Gasteiger partial charge in [0.1, 0.15) is 11.5 Å². The smallest absolute Gasteiger partial charge is 0.121 e. The summed E-state index contributed by atoms with van der Waals surface area (Å²) in [5.74, 6) is 1.62. The number of nitrogens with two attached hydrogens (primary N) is 1. The van der Waals surface area contributed by atoms with Crippen LogP contribution in [0, 0.1) is 0 Å². The average Bonchev–Trinajstić information content (AvgIpc) is 2.43. The second-order valence-electron chi connectivity index (χ2n) is 4.77. The molecule has 3 N–H and O–H groups in total. The van der Waals surface area contributed by atoms with Gasteiger partial charge in [0.05, 0.1) is 24.6 Å². The summed E-state index contributed by atoms with van der Waals surface area (Å²) in [6, 6.07) is 13.3. The lowest BCUT2D eigenvalue weighted by Crippen LogP contribution is -2.05. The van der Waals surface area contributed by atoms with Crippen LogP contribution in [-0.4, -0.2) is 13.2 Å². The van der Waals surface area contributed by atoms with Crippen LogP contribution in [0.1, 0.15) is 13.8 Å². The minimum atomic E-state index is 0.169. The van der Waals surface area contributed by atoms with Crippen molar-refractivity contribution in [2.45, 2.75) is 20.0 Å². The van der Waals surface area contributed by atoms with Crippen LogP contribution in [0.15, 0.2) is 42.5 Å². The Labute approximate surface area is 119 Å². The molecule has 0 atom stereocenters. The number of hydrogen-bond acceptors (Lipinski definition) is 4. The number of benzene rings is 2. The van der Waals surface area contributed by atoms with Gasteiger partial charge in [0.25, 0.3) is 0 Å². The van der Waals surface area contributed by atoms with Crippen LogP contribution in [0.2, 0.25) is 0 Å². The van der Waals surface area contributed by atoms with E-state index in [0.29, 0.717) is 5.69 Å². The molecule has 0 aliphatic heterocycles. The summed E-state index contributed by atoms with van der Waals surface area (Å²) in [7, 11) is 1.63. The predicted octanol–water partition coefficient (Wildman–Crippen LogP) is 3.81. The SMILES string of the molecule is COc1ccc(N)c(Nc2ccc(OC(C)C)cc2)c1. The Morgan fingerprint density at radius 3 is 2.25 bits per heavy atom. The summed E-state index contributed by atoms with van der Waals surface area (Å²) in [5.41, 5.74) is 8.39. The van der Waals surface area contributed by atoms with E-state index in [0.717, 1.165) is 22.9 Å². The van der Waals surface area contributed by atoms with Crippen LogP contribution in [0.3, 0.4) is 0 Å². The Morgan fingerprint density at radius 1 is 1.00 bits per heavy atom. The average molecular weight is 272 g/mol. The van der Waals surface area contributed by atoms with Crippen molar-refractivity contribution < 1.29 is 9.47 Å². The monoisotopic (exact) mass is 272 g/mol. The lowest BCUT2D eigenvalue weighted by atomic mass is 10.2. The van der Waals surface area contributed by atoms with Gasteiger partial charge >= 0.3 is 0 Å². The van der Waals surface area contributed by atoms with E-state index in [4.69, 9.17) is 15.2 Å². The van der Waals surface area contributed by atoms with Crippen molar-refractivity contribution in [2.75, 3.05) is 18.2 Å². The maximum absolute atomic E-state index is 5.95. The molecule has 0 radical (unpaired) electrons. The van der Waals surface area contributed by atoms with Crippen molar-refractivity contribution in [1.82, 2.24) is 0 Å². The minimum Gasteiger partial charge on any atom is -0.497 e. The molecule has 0 aliphatic carbocycles. The van der Waals surface area contributed by atoms with Crippen LogP contribution < -0.4 is 20.5 Å². The Balaban J connectivity index is 2.13. The third-order valence-corrected chi connectivity index (χ3v) is 2.77. The molecule has 4 nitrogen and oxygen atoms in total. The first-order valence-corrected chi connectivity index (χ1v) is 6.55. The summed E-state index contributed by atoms with van der Waals surface area (Å²) >= 11 is 0. The first kappa shape index (κ1) is 14.1. The second-order valence-corrected chi connectivity index (χ2v) is 4.77. The molecule has 0 fully saturated rings. The molecule has 0 spiro atoms. The van der Waals surface area contributed by atoms with E-state index >= 15 is 0 Å². The summed E-state index contributed by atoms with van der Waals surface area (Å²) in [5, 5.41) is 3.27. The first-order valence-electron chi connectivity index (χ1n) is 6.55. The minimum absolute atomic E-state index is 0.169. The van der Waals surface area contributed by atoms with Gasteiger partial charge < -0.3 is 20.5 Å². The van der Waals surface area contributed by atoms with E-state index in [1.807, 2.05) is 56.3 Å². The fourth-order valence-corrected chi connectivity index (χ4v) is 1.82. The highest BCUT2D eigenvalue weighted by atomic mass is 16.5. The molecule has 20 heavy (non-hydrogen) atoms. The fraction of sp³-hybridized carbons (Fsp3) is 0.250. The van der Waals surface area contributed by atoms with Gasteiger partial charge in [0, 0.05) is 11.8 Å². The maximum atomic E-state index is 5.95. The van der Waals surface area contributed by atoms with Gasteiger partial charge in [-0.3, -0.25) is 0 Å². The van der Waals surface area contributed by atoms with E-state index in [1.54, 1.807) is 7.11 Å². The Kier molecular flexibility index (Phi) is 4.35. The maximum Gasteiger partial charge on any atom is 0.121 e. The lowest BCUT2D eigenvalue weighted by Gasteiger charge is -2.13. The third kappa shape index (κ3) is 3.57. The van der Waals surface area contributed by atoms with Crippen LogP contribution in [0.25, 0.3) is 0 Å². The van der Waals surface area contributed by atoms with E-state index in [9.17, 15) is 0 Å². The number of nitrogens with one attached hydrogen (secondary N) is 1. The number of anilines is 3. The zero-order chi connectivity index (χ0) is 14.5. The summed E-state index contributed by atoms with van der Waals surface area (Å²) in [6.07, 6.45) is 0.169. The van der Waals surface area contributed by atoms with Crippen molar-refractivity contribution in [3.63, 3.8) is 0 Å². The van der Waals surface area contributed by atoms with Crippen molar-refractivity contribution in [3.05, 3.63) is 42.5 Å². The molecule has 0 aromatic heterocycles. The lowest BCUT2D eigenvalue weighted by molar-refractivity contribution is 0.242. The standard InChI is InChI=1S/C16H20N2O2/c1-11(2)20-13-6-4-12(5-7-13)18-16-10-14(19-3)8-9-15(16)17/h4-11,18H,17H2,1-3H3. The van der Waals surface area contributed by atoms with E-state index in [1.165, 1.54) is 0 Å². The van der Waals surface area contributed by atoms with Gasteiger partial charge in [-0.05, 0) is 50.2 Å². The number of rotatable bonds is 5. The van der Waals surface area contributed by atoms with Crippen molar-refractivity contribution in [3.8, 4) is 11.5 Å². The van der Waals surface area contributed by atoms with Crippen LogP contribution in [0.5, 0.6) is 11.5 Å². The predicted molar refractivity (Wildman–Crippen MR) is 82.9 cm³/mol. The number of nitrogen functional groups attached to an aromatic ring is 1. The molecule has 4 heteroatoms. The van der Waals surface area contributed by atoms with Crippen LogP contribution >= 0.6 is 0 Å². The summed E-state index contributed by atoms with van der Waals surface area (Å²) < 4.78 is 10.8. The van der Waals surface area contributed by atoms with Crippen LogP contribution in [0.4, 0.5) is 17.1 Å². The highest BCUT2D eigenvalue weighted by Gasteiger charge is 2.03. The molecular weight excluding hydrogens is 252 g/mol. The number of methoxy groups -OCH3 is 1. The van der Waals surface area contributed by atoms with Gasteiger partial charge in [-0.1, -0.05) is 0 Å². The normalized spacial score (nSPS) is 10.4. The van der Waals surface area contributed by atoms with Crippen LogP contribution in [-0.2, 0) is 0 Å². The molecular formula is C16H20N2O2. The fourth-order valence-electron chi connectivity index (χ4n) is 1.82. The molecule has 0 heterocycles. The topological polar surface area (TPSA) is 56.5 Å². The van der Waals surface area contributed by atoms with Crippen molar-refractivity contribution in [2.24, 2.45) is 0 Å². The molecule has 0 aliphatic rings. The Morgan fingerprint density at radius 2 is 1.65 bits per heavy atom. The van der Waals surface area contributed by atoms with Crippen molar-refractivity contribution in [1.29, 1.82) is 0 Å². The Bertz CT molecular complexity index is 565. The molecule has 0 unspecified atom stereocenters. The van der Waals surface area contributed by atoms with Gasteiger partial charge in [-0.15, -0.1) is 0 Å². The van der Waals surface area contributed by atoms with E-state index < -0.39 is 0 Å². The summed E-state index contributed by atoms with van der Waals surface area (Å²) in [6.45, 7) is 4.01. The van der Waals surface area contributed by atoms with Gasteiger partial charge in [0.2, 0.25) is 0 Å². The summed E-state index contributed by atoms with van der Waals surface area (Å²) in [4.78, 5) is 0. The first-order chi connectivity index (χ1) is 9.58. The Hall–Kier alpha value is -2.36. The highest BCUT2D eigenvalue weighted by Crippen LogP contribution is 2.28. The molecule has 0 amide bonds. The highest BCUT2D eigenvalue weighted by molar-refractivity contribution is 5.74. The molecule has 0 saturated carbocycles. The zero-order valence-electron chi connectivity index (χ0n) is 12.0.